The minimum atomic E-state index is -4.32. The van der Waals surface area contributed by atoms with Gasteiger partial charge in [-0.2, -0.15) is 18.6 Å². The molecule has 1 rings (SSSR count). The second-order valence-corrected chi connectivity index (χ2v) is 4.00. The van der Waals surface area contributed by atoms with Crippen molar-refractivity contribution >= 4 is 15.8 Å². The van der Waals surface area contributed by atoms with Gasteiger partial charge in [-0.05, 0) is 12.1 Å². The standard InChI is InChI=1S/C8H10N2O4S/c1-9-10-7-4-3-6(14-2)5-8(7)15(11,12)13/h3-5H,1-2H3,(H,11,12,13)/b10-9+. The van der Waals surface area contributed by atoms with Gasteiger partial charge in [0, 0.05) is 13.1 Å². The molecular formula is C8H10N2O4S. The van der Waals surface area contributed by atoms with Crippen molar-refractivity contribution in [3.8, 4) is 5.75 Å². The fourth-order valence-electron chi connectivity index (χ4n) is 1.02. The second kappa shape index (κ2) is 4.37. The summed E-state index contributed by atoms with van der Waals surface area (Å²) in [6, 6.07) is 4.10. The molecule has 7 heteroatoms. The molecule has 0 atom stereocenters. The fraction of sp³-hybridized carbons (Fsp3) is 0.250. The molecule has 15 heavy (non-hydrogen) atoms. The number of hydrogen-bond acceptors (Lipinski definition) is 5. The number of hydrogen-bond donors (Lipinski definition) is 1. The van der Waals surface area contributed by atoms with Gasteiger partial charge in [-0.25, -0.2) is 0 Å². The zero-order chi connectivity index (χ0) is 11.5. The van der Waals surface area contributed by atoms with Crippen LogP contribution in [0.2, 0.25) is 0 Å². The first-order chi connectivity index (χ1) is 6.99. The van der Waals surface area contributed by atoms with Crippen LogP contribution in [0.3, 0.4) is 0 Å². The van der Waals surface area contributed by atoms with E-state index < -0.39 is 10.1 Å². The van der Waals surface area contributed by atoms with E-state index in [0.29, 0.717) is 5.75 Å². The Hall–Kier alpha value is -1.47. The van der Waals surface area contributed by atoms with Crippen LogP contribution in [-0.2, 0) is 10.1 Å². The molecule has 0 aliphatic carbocycles. The molecule has 1 N–H and O–H groups in total. The van der Waals surface area contributed by atoms with Crippen LogP contribution in [0, 0.1) is 0 Å². The summed E-state index contributed by atoms with van der Waals surface area (Å²) in [6.45, 7) is 0. The first-order valence-corrected chi connectivity index (χ1v) is 5.38. The summed E-state index contributed by atoms with van der Waals surface area (Å²) < 4.78 is 35.8. The smallest absolute Gasteiger partial charge is 0.296 e. The number of nitrogens with zero attached hydrogens (tertiary/aromatic N) is 2. The minimum absolute atomic E-state index is 0.0702. The molecule has 0 unspecified atom stereocenters. The molecule has 0 amide bonds. The molecule has 1 aromatic rings. The summed E-state index contributed by atoms with van der Waals surface area (Å²) in [5.74, 6) is 0.317. The predicted octanol–water partition coefficient (Wildman–Crippen LogP) is 1.66. The van der Waals surface area contributed by atoms with E-state index >= 15 is 0 Å². The Morgan fingerprint density at radius 3 is 2.53 bits per heavy atom. The Balaban J connectivity index is 3.42. The first-order valence-electron chi connectivity index (χ1n) is 3.94. The fourth-order valence-corrected chi connectivity index (χ4v) is 1.66. The molecule has 6 nitrogen and oxygen atoms in total. The molecule has 0 spiro atoms. The van der Waals surface area contributed by atoms with Crippen LogP contribution in [0.5, 0.6) is 5.75 Å². The third-order valence-electron chi connectivity index (χ3n) is 1.65. The van der Waals surface area contributed by atoms with E-state index in [-0.39, 0.29) is 10.6 Å². The molecule has 1 aromatic carbocycles. The van der Waals surface area contributed by atoms with Gasteiger partial charge in [0.1, 0.15) is 16.3 Å². The molecule has 0 heterocycles. The number of benzene rings is 1. The molecule has 0 aromatic heterocycles. The van der Waals surface area contributed by atoms with Gasteiger partial charge in [-0.1, -0.05) is 0 Å². The summed E-state index contributed by atoms with van der Waals surface area (Å²) in [7, 11) is -1.53. The van der Waals surface area contributed by atoms with Crippen LogP contribution in [0.1, 0.15) is 0 Å². The summed E-state index contributed by atoms with van der Waals surface area (Å²) >= 11 is 0. The SMILES string of the molecule is C/N=N/c1ccc(OC)cc1S(=O)(=O)O. The Bertz CT molecular complexity index is 481. The normalized spacial score (nSPS) is 11.9. The Labute approximate surface area is 87.4 Å². The average Bonchev–Trinajstić information content (AvgIpc) is 2.17. The highest BCUT2D eigenvalue weighted by molar-refractivity contribution is 7.86. The maximum absolute atomic E-state index is 11.0. The number of rotatable bonds is 3. The molecular weight excluding hydrogens is 220 g/mol. The number of methoxy groups -OCH3 is 1. The average molecular weight is 230 g/mol. The predicted molar refractivity (Wildman–Crippen MR) is 53.2 cm³/mol. The van der Waals surface area contributed by atoms with E-state index in [1.54, 1.807) is 0 Å². The van der Waals surface area contributed by atoms with Crippen molar-refractivity contribution in [1.29, 1.82) is 0 Å². The summed E-state index contributed by atoms with van der Waals surface area (Å²) in [6.07, 6.45) is 0. The highest BCUT2D eigenvalue weighted by atomic mass is 32.2. The van der Waals surface area contributed by atoms with Crippen LogP contribution in [0.4, 0.5) is 5.69 Å². The summed E-state index contributed by atoms with van der Waals surface area (Å²) in [4.78, 5) is -0.326. The van der Waals surface area contributed by atoms with Gasteiger partial charge in [0.15, 0.2) is 0 Å². The van der Waals surface area contributed by atoms with E-state index in [1.807, 2.05) is 0 Å². The lowest BCUT2D eigenvalue weighted by Crippen LogP contribution is -1.99. The molecule has 0 aliphatic heterocycles. The maximum atomic E-state index is 11.0. The second-order valence-electron chi connectivity index (χ2n) is 2.61. The lowest BCUT2D eigenvalue weighted by atomic mass is 10.3. The molecule has 0 bridgehead atoms. The van der Waals surface area contributed by atoms with E-state index in [0.717, 1.165) is 0 Å². The van der Waals surface area contributed by atoms with Crippen molar-refractivity contribution in [2.75, 3.05) is 14.2 Å². The van der Waals surface area contributed by atoms with Crippen molar-refractivity contribution in [1.82, 2.24) is 0 Å². The zero-order valence-corrected chi connectivity index (χ0v) is 9.02. The summed E-state index contributed by atoms with van der Waals surface area (Å²) in [5.41, 5.74) is 0.0702. The van der Waals surface area contributed by atoms with Gasteiger partial charge < -0.3 is 4.74 Å². The lowest BCUT2D eigenvalue weighted by molar-refractivity contribution is 0.412. The summed E-state index contributed by atoms with van der Waals surface area (Å²) in [5, 5.41) is 7.02. The molecule has 82 valence electrons. The highest BCUT2D eigenvalue weighted by Gasteiger charge is 2.16. The highest BCUT2D eigenvalue weighted by Crippen LogP contribution is 2.28. The molecule has 0 fully saturated rings. The van der Waals surface area contributed by atoms with E-state index in [1.165, 1.54) is 32.4 Å². The third-order valence-corrected chi connectivity index (χ3v) is 2.54. The third kappa shape index (κ3) is 2.74. The number of azo groups is 1. The topological polar surface area (TPSA) is 88.3 Å². The molecule has 0 radical (unpaired) electrons. The zero-order valence-electron chi connectivity index (χ0n) is 8.21. The van der Waals surface area contributed by atoms with Gasteiger partial charge in [-0.15, -0.1) is 0 Å². The van der Waals surface area contributed by atoms with Gasteiger partial charge in [-0.3, -0.25) is 4.55 Å². The maximum Gasteiger partial charge on any atom is 0.296 e. The Morgan fingerprint density at radius 1 is 1.40 bits per heavy atom. The minimum Gasteiger partial charge on any atom is -0.497 e. The first kappa shape index (κ1) is 11.6. The number of ether oxygens (including phenoxy) is 1. The largest absolute Gasteiger partial charge is 0.497 e. The van der Waals surface area contributed by atoms with Gasteiger partial charge >= 0.3 is 0 Å². The van der Waals surface area contributed by atoms with Crippen LogP contribution >= 0.6 is 0 Å². The monoisotopic (exact) mass is 230 g/mol. The van der Waals surface area contributed by atoms with E-state index in [4.69, 9.17) is 9.29 Å². The van der Waals surface area contributed by atoms with Crippen molar-refractivity contribution in [3.05, 3.63) is 18.2 Å². The van der Waals surface area contributed by atoms with Crippen LogP contribution < -0.4 is 4.74 Å². The van der Waals surface area contributed by atoms with E-state index in [9.17, 15) is 8.42 Å². The van der Waals surface area contributed by atoms with Crippen molar-refractivity contribution in [2.24, 2.45) is 10.2 Å². The Kier molecular flexibility index (Phi) is 3.38. The van der Waals surface area contributed by atoms with Crippen LogP contribution in [0.25, 0.3) is 0 Å². The quantitative estimate of drug-likeness (QED) is 0.631. The van der Waals surface area contributed by atoms with Crippen molar-refractivity contribution < 1.29 is 17.7 Å². The molecule has 0 aliphatic rings. The van der Waals surface area contributed by atoms with Crippen LogP contribution in [0.15, 0.2) is 33.3 Å². The molecule has 0 saturated carbocycles. The van der Waals surface area contributed by atoms with Gasteiger partial charge in [0.25, 0.3) is 10.1 Å². The van der Waals surface area contributed by atoms with Gasteiger partial charge in [0.05, 0.1) is 7.11 Å². The lowest BCUT2D eigenvalue weighted by Gasteiger charge is -2.04. The van der Waals surface area contributed by atoms with Crippen LogP contribution in [-0.4, -0.2) is 27.1 Å². The molecule has 0 saturated heterocycles. The van der Waals surface area contributed by atoms with Crippen molar-refractivity contribution in [3.63, 3.8) is 0 Å². The van der Waals surface area contributed by atoms with Gasteiger partial charge in [0.2, 0.25) is 0 Å². The van der Waals surface area contributed by atoms with Crippen molar-refractivity contribution in [2.45, 2.75) is 4.90 Å². The van der Waals surface area contributed by atoms with E-state index in [2.05, 4.69) is 10.2 Å². The Morgan fingerprint density at radius 2 is 2.07 bits per heavy atom.